The van der Waals surface area contributed by atoms with Crippen LogP contribution in [0.2, 0.25) is 0 Å². The van der Waals surface area contributed by atoms with Crippen LogP contribution in [-0.4, -0.2) is 17.9 Å². The highest BCUT2D eigenvalue weighted by molar-refractivity contribution is 5.98. The molecule has 2 aromatic rings. The summed E-state index contributed by atoms with van der Waals surface area (Å²) in [7, 11) is 0. The number of carbonyl (C=O) groups is 2. The van der Waals surface area contributed by atoms with Crippen LogP contribution in [0.4, 0.5) is 5.69 Å². The standard InChI is InChI=1S/C23H26N2O2/c26-22-13-11-18-15-19(10-12-20(18)24-22)23(27)25-21(17-8-4-5-9-17)14-16-6-2-1-3-7-16/h1-3,6-7,10,12,15,17,21H,4-5,8-9,11,13-14H2,(H,24,26)(H,25,27). The lowest BCUT2D eigenvalue weighted by atomic mass is 9.91. The van der Waals surface area contributed by atoms with Crippen LogP contribution in [0.15, 0.2) is 48.5 Å². The molecule has 1 aliphatic heterocycles. The number of rotatable bonds is 5. The maximum absolute atomic E-state index is 13.0. The molecule has 4 nitrogen and oxygen atoms in total. The smallest absolute Gasteiger partial charge is 0.251 e. The second-order valence-corrected chi connectivity index (χ2v) is 7.73. The highest BCUT2D eigenvalue weighted by Crippen LogP contribution is 2.30. The molecule has 27 heavy (non-hydrogen) atoms. The molecular formula is C23H26N2O2. The lowest BCUT2D eigenvalue weighted by Gasteiger charge is -2.25. The molecule has 1 saturated carbocycles. The Kier molecular flexibility index (Phi) is 5.23. The molecule has 0 aromatic heterocycles. The molecule has 1 aliphatic carbocycles. The molecule has 2 aromatic carbocycles. The van der Waals surface area contributed by atoms with Gasteiger partial charge in [0.15, 0.2) is 0 Å². The van der Waals surface area contributed by atoms with Crippen LogP contribution in [0.25, 0.3) is 0 Å². The van der Waals surface area contributed by atoms with Crippen LogP contribution in [0.1, 0.15) is 53.6 Å². The van der Waals surface area contributed by atoms with Crippen molar-refractivity contribution in [1.82, 2.24) is 5.32 Å². The van der Waals surface area contributed by atoms with E-state index in [1.165, 1.54) is 31.2 Å². The predicted octanol–water partition coefficient (Wildman–Crippen LogP) is 4.10. The van der Waals surface area contributed by atoms with Crippen molar-refractivity contribution in [1.29, 1.82) is 0 Å². The number of fused-ring (bicyclic) bond motifs is 1. The Labute approximate surface area is 160 Å². The van der Waals surface area contributed by atoms with E-state index in [0.717, 1.165) is 17.7 Å². The van der Waals surface area contributed by atoms with E-state index in [9.17, 15) is 9.59 Å². The van der Waals surface area contributed by atoms with Crippen LogP contribution in [0, 0.1) is 5.92 Å². The van der Waals surface area contributed by atoms with E-state index in [0.29, 0.717) is 24.3 Å². The highest BCUT2D eigenvalue weighted by atomic mass is 16.2. The van der Waals surface area contributed by atoms with Gasteiger partial charge in [-0.1, -0.05) is 43.2 Å². The third kappa shape index (κ3) is 4.21. The second-order valence-electron chi connectivity index (χ2n) is 7.73. The van der Waals surface area contributed by atoms with Gasteiger partial charge in [0.25, 0.3) is 5.91 Å². The van der Waals surface area contributed by atoms with Crippen molar-refractivity contribution in [3.63, 3.8) is 0 Å². The van der Waals surface area contributed by atoms with E-state index in [4.69, 9.17) is 0 Å². The maximum atomic E-state index is 13.0. The topological polar surface area (TPSA) is 58.2 Å². The maximum Gasteiger partial charge on any atom is 0.251 e. The summed E-state index contributed by atoms with van der Waals surface area (Å²) in [6, 6.07) is 16.2. The van der Waals surface area contributed by atoms with Crippen molar-refractivity contribution in [2.45, 2.75) is 51.0 Å². The molecule has 2 aliphatic rings. The first kappa shape index (κ1) is 17.8. The van der Waals surface area contributed by atoms with Gasteiger partial charge in [-0.2, -0.15) is 0 Å². The number of nitrogens with one attached hydrogen (secondary N) is 2. The number of anilines is 1. The summed E-state index contributed by atoms with van der Waals surface area (Å²) in [6.07, 6.45) is 6.93. The van der Waals surface area contributed by atoms with Crippen LogP contribution >= 0.6 is 0 Å². The summed E-state index contributed by atoms with van der Waals surface area (Å²) in [5.74, 6) is 0.581. The number of aryl methyl sites for hydroxylation is 1. The average molecular weight is 362 g/mol. The molecule has 1 unspecified atom stereocenters. The zero-order chi connectivity index (χ0) is 18.6. The monoisotopic (exact) mass is 362 g/mol. The summed E-state index contributed by atoms with van der Waals surface area (Å²) in [5, 5.41) is 6.19. The van der Waals surface area contributed by atoms with Crippen LogP contribution in [-0.2, 0) is 17.6 Å². The highest BCUT2D eigenvalue weighted by Gasteiger charge is 2.27. The molecule has 4 rings (SSSR count). The summed E-state index contributed by atoms with van der Waals surface area (Å²) in [5.41, 5.74) is 3.82. The fourth-order valence-corrected chi connectivity index (χ4v) is 4.34. The number of amides is 2. The van der Waals surface area contributed by atoms with Gasteiger partial charge in [-0.25, -0.2) is 0 Å². The van der Waals surface area contributed by atoms with Crippen molar-refractivity contribution in [3.8, 4) is 0 Å². The number of benzene rings is 2. The predicted molar refractivity (Wildman–Crippen MR) is 107 cm³/mol. The molecule has 1 fully saturated rings. The van der Waals surface area contributed by atoms with E-state index >= 15 is 0 Å². The zero-order valence-electron chi connectivity index (χ0n) is 15.5. The fourth-order valence-electron chi connectivity index (χ4n) is 4.34. The van der Waals surface area contributed by atoms with Gasteiger partial charge in [0.1, 0.15) is 0 Å². The van der Waals surface area contributed by atoms with Crippen LogP contribution < -0.4 is 10.6 Å². The summed E-state index contributed by atoms with van der Waals surface area (Å²) >= 11 is 0. The quantitative estimate of drug-likeness (QED) is 0.841. The summed E-state index contributed by atoms with van der Waals surface area (Å²) < 4.78 is 0. The zero-order valence-corrected chi connectivity index (χ0v) is 15.5. The molecular weight excluding hydrogens is 336 g/mol. The van der Waals surface area contributed by atoms with Crippen molar-refractivity contribution in [2.75, 3.05) is 5.32 Å². The molecule has 140 valence electrons. The van der Waals surface area contributed by atoms with Crippen molar-refractivity contribution < 1.29 is 9.59 Å². The molecule has 2 amide bonds. The average Bonchev–Trinajstić information content (AvgIpc) is 3.22. The minimum Gasteiger partial charge on any atom is -0.349 e. The molecule has 0 saturated heterocycles. The van der Waals surface area contributed by atoms with Gasteiger partial charge in [-0.05, 0) is 60.9 Å². The van der Waals surface area contributed by atoms with Gasteiger partial charge < -0.3 is 10.6 Å². The van der Waals surface area contributed by atoms with Crippen molar-refractivity contribution >= 4 is 17.5 Å². The van der Waals surface area contributed by atoms with Crippen molar-refractivity contribution in [2.24, 2.45) is 5.92 Å². The second kappa shape index (κ2) is 7.95. The Morgan fingerprint density at radius 1 is 1.07 bits per heavy atom. The molecule has 0 radical (unpaired) electrons. The number of hydrogen-bond acceptors (Lipinski definition) is 2. The lowest BCUT2D eigenvalue weighted by molar-refractivity contribution is -0.116. The third-order valence-electron chi connectivity index (χ3n) is 5.85. The third-order valence-corrected chi connectivity index (χ3v) is 5.85. The molecule has 1 atom stereocenters. The van der Waals surface area contributed by atoms with Gasteiger partial charge in [0.05, 0.1) is 0 Å². The Morgan fingerprint density at radius 3 is 2.63 bits per heavy atom. The minimum atomic E-state index is -0.0115. The normalized spacial score (nSPS) is 17.9. The van der Waals surface area contributed by atoms with E-state index in [2.05, 4.69) is 34.9 Å². The molecule has 4 heteroatoms. The van der Waals surface area contributed by atoms with E-state index < -0.39 is 0 Å². The summed E-state index contributed by atoms with van der Waals surface area (Å²) in [6.45, 7) is 0. The Hall–Kier alpha value is -2.62. The molecule has 1 heterocycles. The van der Waals surface area contributed by atoms with Crippen LogP contribution in [0.5, 0.6) is 0 Å². The SMILES string of the molecule is O=C1CCc2cc(C(=O)NC(Cc3ccccc3)C3CCCC3)ccc2N1. The minimum absolute atomic E-state index is 0.0115. The largest absolute Gasteiger partial charge is 0.349 e. The molecule has 0 bridgehead atoms. The van der Waals surface area contributed by atoms with Gasteiger partial charge in [-0.15, -0.1) is 0 Å². The van der Waals surface area contributed by atoms with E-state index in [-0.39, 0.29) is 17.9 Å². The van der Waals surface area contributed by atoms with Gasteiger partial charge >= 0.3 is 0 Å². The number of hydrogen-bond donors (Lipinski definition) is 2. The van der Waals surface area contributed by atoms with Crippen LogP contribution in [0.3, 0.4) is 0 Å². The van der Waals surface area contributed by atoms with Crippen molar-refractivity contribution in [3.05, 3.63) is 65.2 Å². The molecule has 2 N–H and O–H groups in total. The first-order valence-electron chi connectivity index (χ1n) is 9.96. The fraction of sp³-hybridized carbons (Fsp3) is 0.391. The van der Waals surface area contributed by atoms with E-state index in [1.54, 1.807) is 0 Å². The first-order valence-corrected chi connectivity index (χ1v) is 9.96. The Bertz CT molecular complexity index is 826. The van der Waals surface area contributed by atoms with Gasteiger partial charge in [-0.3, -0.25) is 9.59 Å². The Balaban J connectivity index is 1.50. The summed E-state index contributed by atoms with van der Waals surface area (Å²) in [4.78, 5) is 24.5. The van der Waals surface area contributed by atoms with E-state index in [1.807, 2.05) is 24.3 Å². The first-order chi connectivity index (χ1) is 13.2. The molecule has 0 spiro atoms. The number of carbonyl (C=O) groups excluding carboxylic acids is 2. The van der Waals surface area contributed by atoms with Gasteiger partial charge in [0, 0.05) is 23.7 Å². The van der Waals surface area contributed by atoms with Gasteiger partial charge in [0.2, 0.25) is 5.91 Å². The lowest BCUT2D eigenvalue weighted by Crippen LogP contribution is -2.41. The Morgan fingerprint density at radius 2 is 1.85 bits per heavy atom.